The predicted octanol–water partition coefficient (Wildman–Crippen LogP) is 3.30. The fourth-order valence-electron chi connectivity index (χ4n) is 1.35. The number of rotatable bonds is 2. The van der Waals surface area contributed by atoms with E-state index in [-0.39, 0.29) is 21.6 Å². The van der Waals surface area contributed by atoms with Crippen LogP contribution in [0.3, 0.4) is 0 Å². The number of carbonyl (C=O) groups is 1. The molecule has 1 aromatic heterocycles. The number of amides is 1. The normalized spacial score (nSPS) is 10.4. The number of benzene rings is 1. The van der Waals surface area contributed by atoms with Crippen LogP contribution in [0.4, 0.5) is 15.8 Å². The van der Waals surface area contributed by atoms with Gasteiger partial charge in [-0.25, -0.2) is 4.39 Å². The molecule has 0 saturated heterocycles. The van der Waals surface area contributed by atoms with Crippen LogP contribution in [-0.2, 0) is 0 Å². The third-order valence-electron chi connectivity index (χ3n) is 2.22. The molecule has 1 heterocycles. The van der Waals surface area contributed by atoms with Crippen molar-refractivity contribution in [1.29, 1.82) is 0 Å². The Kier molecular flexibility index (Phi) is 3.45. The van der Waals surface area contributed by atoms with Crippen LogP contribution in [0.2, 0.25) is 10.2 Å². The maximum absolute atomic E-state index is 12.9. The Balaban J connectivity index is 2.18. The Morgan fingerprint density at radius 2 is 2.06 bits per heavy atom. The van der Waals surface area contributed by atoms with Crippen molar-refractivity contribution in [3.63, 3.8) is 0 Å². The highest BCUT2D eigenvalue weighted by Gasteiger charge is 2.12. The molecule has 0 radical (unpaired) electrons. The lowest BCUT2D eigenvalue weighted by atomic mass is 10.2. The largest absolute Gasteiger partial charge is 0.396 e. The molecular weight excluding hydrogens is 280 g/mol. The minimum absolute atomic E-state index is 0.0460. The van der Waals surface area contributed by atoms with Gasteiger partial charge in [0, 0.05) is 5.69 Å². The van der Waals surface area contributed by atoms with E-state index in [1.807, 2.05) is 0 Å². The first-order valence-corrected chi connectivity index (χ1v) is 5.63. The van der Waals surface area contributed by atoms with Crippen LogP contribution in [0.25, 0.3) is 0 Å². The zero-order valence-corrected chi connectivity index (χ0v) is 10.4. The van der Waals surface area contributed by atoms with Crippen LogP contribution >= 0.6 is 23.2 Å². The van der Waals surface area contributed by atoms with E-state index in [0.717, 1.165) is 0 Å². The predicted molar refractivity (Wildman–Crippen MR) is 69.6 cm³/mol. The zero-order valence-electron chi connectivity index (χ0n) is 8.93. The van der Waals surface area contributed by atoms with Gasteiger partial charge in [-0.05, 0) is 24.3 Å². The topological polar surface area (TPSA) is 70.9 Å². The lowest BCUT2D eigenvalue weighted by Gasteiger charge is -2.05. The highest BCUT2D eigenvalue weighted by molar-refractivity contribution is 6.41. The lowest BCUT2D eigenvalue weighted by molar-refractivity contribution is 0.102. The van der Waals surface area contributed by atoms with Gasteiger partial charge in [-0.15, -0.1) is 0 Å². The highest BCUT2D eigenvalue weighted by atomic mass is 35.5. The molecule has 1 aromatic carbocycles. The van der Waals surface area contributed by atoms with Crippen LogP contribution in [-0.4, -0.2) is 10.9 Å². The van der Waals surface area contributed by atoms with Gasteiger partial charge in [0.2, 0.25) is 0 Å². The van der Waals surface area contributed by atoms with Crippen molar-refractivity contribution < 1.29 is 9.18 Å². The van der Waals surface area contributed by atoms with Gasteiger partial charge in [0.05, 0.1) is 10.7 Å². The summed E-state index contributed by atoms with van der Waals surface area (Å²) in [6.07, 6.45) is 0. The smallest absolute Gasteiger partial charge is 0.272 e. The number of hydrogen-bond donors (Lipinski definition) is 3. The van der Waals surface area contributed by atoms with Crippen molar-refractivity contribution in [2.24, 2.45) is 0 Å². The second-order valence-corrected chi connectivity index (χ2v) is 4.32. The Bertz CT molecular complexity index is 593. The molecular formula is C11H8Cl2FN3O. The van der Waals surface area contributed by atoms with Gasteiger partial charge in [-0.2, -0.15) is 0 Å². The molecule has 0 atom stereocenters. The van der Waals surface area contributed by atoms with Gasteiger partial charge >= 0.3 is 0 Å². The molecule has 0 aliphatic carbocycles. The van der Waals surface area contributed by atoms with Crippen LogP contribution in [0.5, 0.6) is 0 Å². The molecule has 0 spiro atoms. The summed E-state index contributed by atoms with van der Waals surface area (Å²) in [6, 6.07) is 5.28. The first-order chi connectivity index (χ1) is 8.47. The maximum Gasteiger partial charge on any atom is 0.272 e. The Morgan fingerprint density at radius 1 is 1.33 bits per heavy atom. The molecule has 0 aliphatic rings. The molecule has 0 aliphatic heterocycles. The second kappa shape index (κ2) is 4.88. The fraction of sp³-hybridized carbons (Fsp3) is 0. The van der Waals surface area contributed by atoms with Crippen molar-refractivity contribution in [3.05, 3.63) is 46.0 Å². The third-order valence-corrected chi connectivity index (χ3v) is 2.92. The van der Waals surface area contributed by atoms with Crippen molar-refractivity contribution in [1.82, 2.24) is 4.98 Å². The van der Waals surface area contributed by atoms with Gasteiger partial charge in [0.25, 0.3) is 5.91 Å². The average molecular weight is 288 g/mol. The molecule has 4 N–H and O–H groups in total. The standard InChI is InChI=1S/C11H8Cl2FN3O/c12-6-4-9(17-10(6)13)11(18)16-5-1-2-7(14)8(15)3-5/h1-4,17H,15H2,(H,16,18). The van der Waals surface area contributed by atoms with Gasteiger partial charge in [-0.3, -0.25) is 4.79 Å². The second-order valence-electron chi connectivity index (χ2n) is 3.54. The molecule has 4 nitrogen and oxygen atoms in total. The Hall–Kier alpha value is -1.72. The lowest BCUT2D eigenvalue weighted by Crippen LogP contribution is -2.12. The molecule has 0 unspecified atom stereocenters. The van der Waals surface area contributed by atoms with E-state index in [2.05, 4.69) is 10.3 Å². The summed E-state index contributed by atoms with van der Waals surface area (Å²) in [5.41, 5.74) is 5.92. The number of carbonyl (C=O) groups excluding carboxylic acids is 1. The summed E-state index contributed by atoms with van der Waals surface area (Å²) in [7, 11) is 0. The molecule has 0 fully saturated rings. The number of nitrogens with one attached hydrogen (secondary N) is 2. The van der Waals surface area contributed by atoms with Gasteiger partial charge in [0.15, 0.2) is 0 Å². The molecule has 2 rings (SSSR count). The van der Waals surface area contributed by atoms with E-state index in [9.17, 15) is 9.18 Å². The van der Waals surface area contributed by atoms with E-state index < -0.39 is 11.7 Å². The van der Waals surface area contributed by atoms with Crippen molar-refractivity contribution in [2.75, 3.05) is 11.1 Å². The summed E-state index contributed by atoms with van der Waals surface area (Å²) >= 11 is 11.4. The number of nitrogens with two attached hydrogens (primary N) is 1. The summed E-state index contributed by atoms with van der Waals surface area (Å²) in [6.45, 7) is 0. The van der Waals surface area contributed by atoms with Crippen molar-refractivity contribution in [2.45, 2.75) is 0 Å². The minimum Gasteiger partial charge on any atom is -0.396 e. The first-order valence-electron chi connectivity index (χ1n) is 4.88. The summed E-state index contributed by atoms with van der Waals surface area (Å²) in [4.78, 5) is 14.4. The van der Waals surface area contributed by atoms with Crippen molar-refractivity contribution >= 4 is 40.5 Å². The molecule has 94 valence electrons. The molecule has 0 bridgehead atoms. The Morgan fingerprint density at radius 3 is 2.61 bits per heavy atom. The SMILES string of the molecule is Nc1cc(NC(=O)c2cc(Cl)c(Cl)[nH]2)ccc1F. The third kappa shape index (κ3) is 2.57. The Labute approximate surface area is 112 Å². The van der Waals surface area contributed by atoms with Crippen LogP contribution in [0.1, 0.15) is 10.5 Å². The van der Waals surface area contributed by atoms with E-state index in [0.29, 0.717) is 5.69 Å². The van der Waals surface area contributed by atoms with Crippen molar-refractivity contribution in [3.8, 4) is 0 Å². The molecule has 0 saturated carbocycles. The summed E-state index contributed by atoms with van der Waals surface area (Å²) in [5.74, 6) is -0.992. The number of hydrogen-bond acceptors (Lipinski definition) is 2. The number of anilines is 2. The summed E-state index contributed by atoms with van der Waals surface area (Å²) in [5, 5.41) is 2.96. The van der Waals surface area contributed by atoms with Gasteiger partial charge < -0.3 is 16.0 Å². The molecule has 18 heavy (non-hydrogen) atoms. The molecule has 1 amide bonds. The van der Waals surface area contributed by atoms with E-state index >= 15 is 0 Å². The quantitative estimate of drug-likeness (QED) is 0.742. The highest BCUT2D eigenvalue weighted by Crippen LogP contribution is 2.23. The fourth-order valence-corrected chi connectivity index (χ4v) is 1.66. The van der Waals surface area contributed by atoms with Gasteiger partial charge in [-0.1, -0.05) is 23.2 Å². The van der Waals surface area contributed by atoms with Gasteiger partial charge in [0.1, 0.15) is 16.7 Å². The first kappa shape index (κ1) is 12.7. The molecule has 2 aromatic rings. The van der Waals surface area contributed by atoms with E-state index in [1.165, 1.54) is 24.3 Å². The number of H-pyrrole nitrogens is 1. The zero-order chi connectivity index (χ0) is 13.3. The summed E-state index contributed by atoms with van der Waals surface area (Å²) < 4.78 is 12.9. The van der Waals surface area contributed by atoms with Crippen LogP contribution in [0, 0.1) is 5.82 Å². The van der Waals surface area contributed by atoms with Crippen LogP contribution < -0.4 is 11.1 Å². The number of aromatic amines is 1. The maximum atomic E-state index is 12.9. The van der Waals surface area contributed by atoms with E-state index in [1.54, 1.807) is 0 Å². The average Bonchev–Trinajstić information content (AvgIpc) is 2.65. The minimum atomic E-state index is -0.543. The number of aromatic nitrogens is 1. The number of nitrogen functional groups attached to an aromatic ring is 1. The van der Waals surface area contributed by atoms with Crippen LogP contribution in [0.15, 0.2) is 24.3 Å². The molecule has 7 heteroatoms. The number of halogens is 3. The monoisotopic (exact) mass is 287 g/mol. The van der Waals surface area contributed by atoms with E-state index in [4.69, 9.17) is 28.9 Å².